The molecule has 0 bridgehead atoms. The predicted molar refractivity (Wildman–Crippen MR) is 254 cm³/mol. The maximum absolute atomic E-state index is 14.0. The third-order valence-electron chi connectivity index (χ3n) is 12.0. The van der Waals surface area contributed by atoms with Crippen molar-refractivity contribution in [1.29, 1.82) is 0 Å². The number of carbonyl (C=O) groups is 6. The van der Waals surface area contributed by atoms with Gasteiger partial charge in [-0.25, -0.2) is 22.8 Å². The maximum atomic E-state index is 14.0. The van der Waals surface area contributed by atoms with Gasteiger partial charge in [0.15, 0.2) is 17.2 Å². The molecule has 4 heterocycles. The summed E-state index contributed by atoms with van der Waals surface area (Å²) in [4.78, 5) is 75.7. The van der Waals surface area contributed by atoms with Crippen molar-refractivity contribution in [2.75, 3.05) is 35.2 Å². The number of imide groups is 1. The lowest BCUT2D eigenvalue weighted by molar-refractivity contribution is -0.139. The highest BCUT2D eigenvalue weighted by Gasteiger charge is 2.43. The van der Waals surface area contributed by atoms with Crippen molar-refractivity contribution in [3.05, 3.63) is 105 Å². The number of aliphatic carboxylic acids is 1. The monoisotopic (exact) mass is 970 g/mol. The summed E-state index contributed by atoms with van der Waals surface area (Å²) in [7, 11) is -3.81. The molecule has 0 saturated carbocycles. The number of rotatable bonds is 16. The standard InChI is InChI=1S/C47H47ClN6O11S2/c1-47(2)23-32(50-31-12-4-10-29(22-31)41-39(48)40(65-24-37(56)57)42(66-41)45(60)61)16-18-53(47)67(63,64)25-27-7-3-11-30(20-27)51-46(62)49-17-6-8-26-19-28-9-5-13-34-38(28)33(21-26)44(59)54(34)35-14-15-36(55)52-43(35)58/h3-5,7,9-13,19-22,32,35,50H,6,8,14-18,23-25H2,1-2H3,(H,56,57)(H,60,61)(H2,49,51,62)(H,52,55,58)/t32-,35?/m0/s1. The normalized spacial score (nSPS) is 18.1. The Balaban J connectivity index is 0.833. The maximum Gasteiger partial charge on any atom is 0.349 e. The van der Waals surface area contributed by atoms with Crippen molar-refractivity contribution in [2.45, 2.75) is 75.7 Å². The van der Waals surface area contributed by atoms with Gasteiger partial charge in [0.2, 0.25) is 21.8 Å². The second-order valence-corrected chi connectivity index (χ2v) is 20.6. The summed E-state index contributed by atoms with van der Waals surface area (Å²) >= 11 is 7.39. The molecule has 3 aliphatic heterocycles. The summed E-state index contributed by atoms with van der Waals surface area (Å²) in [6.07, 6.45) is 2.48. The van der Waals surface area contributed by atoms with Crippen LogP contribution in [0.4, 0.5) is 21.9 Å². The summed E-state index contributed by atoms with van der Waals surface area (Å²) in [5, 5.41) is 31.8. The lowest BCUT2D eigenvalue weighted by atomic mass is 9.89. The number of anilines is 3. The highest BCUT2D eigenvalue weighted by molar-refractivity contribution is 7.88. The fraction of sp³-hybridized carbons (Fsp3) is 0.319. The minimum Gasteiger partial charge on any atom is -0.479 e. The Morgan fingerprint density at radius 2 is 1.72 bits per heavy atom. The van der Waals surface area contributed by atoms with Gasteiger partial charge < -0.3 is 30.9 Å². The molecule has 0 aliphatic carbocycles. The fourth-order valence-corrected chi connectivity index (χ4v) is 12.5. The van der Waals surface area contributed by atoms with E-state index in [1.54, 1.807) is 48.5 Å². The number of nitrogens with one attached hydrogen (secondary N) is 4. The summed E-state index contributed by atoms with van der Waals surface area (Å²) in [6.45, 7) is 3.55. The highest BCUT2D eigenvalue weighted by atomic mass is 35.5. The van der Waals surface area contributed by atoms with Gasteiger partial charge in [-0.15, -0.1) is 11.3 Å². The molecule has 1 aromatic heterocycles. The predicted octanol–water partition coefficient (Wildman–Crippen LogP) is 7.09. The van der Waals surface area contributed by atoms with E-state index >= 15 is 0 Å². The van der Waals surface area contributed by atoms with Crippen LogP contribution in [-0.4, -0.2) is 95.9 Å². The molecule has 1 unspecified atom stereocenters. The first-order valence-electron chi connectivity index (χ1n) is 21.5. The number of hydrogen-bond donors (Lipinski definition) is 6. The number of aromatic carboxylic acids is 1. The topological polar surface area (TPSA) is 241 Å². The molecule has 2 saturated heterocycles. The lowest BCUT2D eigenvalue weighted by Crippen LogP contribution is -2.55. The number of ether oxygens (including phenoxy) is 1. The van der Waals surface area contributed by atoms with E-state index in [1.165, 1.54) is 9.21 Å². The van der Waals surface area contributed by atoms with E-state index < -0.39 is 52.1 Å². The Labute approximate surface area is 394 Å². The fourth-order valence-electron chi connectivity index (χ4n) is 9.15. The second kappa shape index (κ2) is 19.0. The van der Waals surface area contributed by atoms with E-state index in [0.717, 1.165) is 27.7 Å². The number of nitrogens with zero attached hydrogens (tertiary/aromatic N) is 2. The van der Waals surface area contributed by atoms with Gasteiger partial charge in [0.25, 0.3) is 5.91 Å². The van der Waals surface area contributed by atoms with Crippen LogP contribution in [0.15, 0.2) is 78.9 Å². The number of urea groups is 1. The Bertz CT molecular complexity index is 2960. The molecule has 0 radical (unpaired) electrons. The van der Waals surface area contributed by atoms with Gasteiger partial charge >= 0.3 is 18.0 Å². The Morgan fingerprint density at radius 1 is 0.955 bits per heavy atom. The number of benzene rings is 4. The zero-order valence-corrected chi connectivity index (χ0v) is 38.8. The van der Waals surface area contributed by atoms with Gasteiger partial charge in [0, 0.05) is 47.9 Å². The summed E-state index contributed by atoms with van der Waals surface area (Å²) in [5.74, 6) is -4.20. The van der Waals surface area contributed by atoms with Crippen molar-refractivity contribution in [2.24, 2.45) is 0 Å². The number of sulfonamides is 1. The van der Waals surface area contributed by atoms with E-state index in [1.807, 2.05) is 44.2 Å². The molecule has 5 aromatic rings. The van der Waals surface area contributed by atoms with E-state index in [4.69, 9.17) is 21.4 Å². The van der Waals surface area contributed by atoms with Crippen LogP contribution in [0.25, 0.3) is 21.2 Å². The highest BCUT2D eigenvalue weighted by Crippen LogP contribution is 2.46. The Hall–Kier alpha value is -6.54. The number of carbonyl (C=O) groups excluding carboxylic acids is 4. The van der Waals surface area contributed by atoms with Crippen LogP contribution in [-0.2, 0) is 36.6 Å². The molecule has 8 rings (SSSR count). The smallest absolute Gasteiger partial charge is 0.349 e. The second-order valence-electron chi connectivity index (χ2n) is 17.3. The van der Waals surface area contributed by atoms with Gasteiger partial charge in [0.1, 0.15) is 11.1 Å². The number of carboxylic acid groups (broad SMARTS) is 2. The zero-order valence-electron chi connectivity index (χ0n) is 36.4. The van der Waals surface area contributed by atoms with E-state index in [9.17, 15) is 42.3 Å². The summed E-state index contributed by atoms with van der Waals surface area (Å²) in [6, 6.07) is 21.9. The van der Waals surface area contributed by atoms with Crippen molar-refractivity contribution < 1.29 is 52.1 Å². The van der Waals surface area contributed by atoms with Crippen molar-refractivity contribution >= 4 is 96.5 Å². The average Bonchev–Trinajstić information content (AvgIpc) is 3.74. The van der Waals surface area contributed by atoms with Crippen LogP contribution in [0.5, 0.6) is 5.75 Å². The van der Waals surface area contributed by atoms with Crippen LogP contribution in [0.1, 0.15) is 77.1 Å². The van der Waals surface area contributed by atoms with Crippen molar-refractivity contribution in [1.82, 2.24) is 14.9 Å². The number of halogens is 1. The Kier molecular flexibility index (Phi) is 13.3. The van der Waals surface area contributed by atoms with Crippen LogP contribution in [0.2, 0.25) is 5.02 Å². The molecule has 0 spiro atoms. The van der Waals surface area contributed by atoms with Gasteiger partial charge in [-0.05, 0) is 104 Å². The zero-order chi connectivity index (χ0) is 47.8. The first kappa shape index (κ1) is 47.0. The number of amides is 5. The van der Waals surface area contributed by atoms with Crippen LogP contribution in [0.3, 0.4) is 0 Å². The number of carboxylic acids is 2. The molecule has 3 aliphatic rings. The minimum atomic E-state index is -3.81. The molecule has 6 N–H and O–H groups in total. The quantitative estimate of drug-likeness (QED) is 0.0429. The average molecular weight is 972 g/mol. The van der Waals surface area contributed by atoms with Crippen LogP contribution in [0, 0.1) is 0 Å². The molecule has 350 valence electrons. The van der Waals surface area contributed by atoms with Gasteiger partial charge in [-0.3, -0.25) is 24.6 Å². The Morgan fingerprint density at radius 3 is 2.46 bits per heavy atom. The molecule has 2 fully saturated rings. The number of piperidine rings is 2. The number of aryl methyl sites for hydroxylation is 1. The lowest BCUT2D eigenvalue weighted by Gasteiger charge is -2.45. The first-order valence-corrected chi connectivity index (χ1v) is 24.3. The molecule has 4 aromatic carbocycles. The molecule has 20 heteroatoms. The molecule has 2 atom stereocenters. The van der Waals surface area contributed by atoms with Gasteiger partial charge in [-0.2, -0.15) is 4.31 Å². The van der Waals surface area contributed by atoms with Gasteiger partial charge in [-0.1, -0.05) is 54.1 Å². The summed E-state index contributed by atoms with van der Waals surface area (Å²) < 4.78 is 34.7. The molecule has 17 nitrogen and oxygen atoms in total. The summed E-state index contributed by atoms with van der Waals surface area (Å²) in [5.41, 5.74) is 3.48. The third-order valence-corrected chi connectivity index (χ3v) is 15.7. The molecule has 67 heavy (non-hydrogen) atoms. The molecule has 5 amide bonds. The van der Waals surface area contributed by atoms with E-state index in [2.05, 4.69) is 21.3 Å². The van der Waals surface area contributed by atoms with E-state index in [-0.39, 0.29) is 58.6 Å². The van der Waals surface area contributed by atoms with Crippen LogP contribution >= 0.6 is 22.9 Å². The number of thiophene rings is 1. The molecular weight excluding hydrogens is 924 g/mol. The van der Waals surface area contributed by atoms with Crippen LogP contribution < -0.4 is 30.9 Å². The van der Waals surface area contributed by atoms with E-state index in [0.29, 0.717) is 70.9 Å². The third kappa shape index (κ3) is 10.1. The number of hydrogen-bond acceptors (Lipinski definition) is 11. The van der Waals surface area contributed by atoms with Crippen molar-refractivity contribution in [3.8, 4) is 16.2 Å². The van der Waals surface area contributed by atoms with Crippen molar-refractivity contribution in [3.63, 3.8) is 0 Å². The first-order chi connectivity index (χ1) is 31.9. The SMILES string of the molecule is CC1(C)C[C@@H](Nc2cccc(-c3sc(C(=O)O)c(OCC(=O)O)c3Cl)c2)CCN1S(=O)(=O)Cc1cccc(NC(=O)NCCCc2cc3c4c(cccc4c2)N(C2CCC(=O)NC2=O)C3=O)c1. The van der Waals surface area contributed by atoms with Gasteiger partial charge in [0.05, 0.1) is 21.9 Å². The largest absolute Gasteiger partial charge is 0.479 e. The minimum absolute atomic E-state index is 0.00671. The molecular formula is C47H47ClN6O11S2.